The highest BCUT2D eigenvalue weighted by Gasteiger charge is 2.31. The Kier molecular flexibility index (Phi) is 2.84. The summed E-state index contributed by atoms with van der Waals surface area (Å²) in [6, 6.07) is 8.07. The number of carbonyl (C=O) groups excluding carboxylic acids is 1. The van der Waals surface area contributed by atoms with E-state index >= 15 is 0 Å². The van der Waals surface area contributed by atoms with Crippen LogP contribution in [0.25, 0.3) is 0 Å². The molecule has 1 fully saturated rings. The van der Waals surface area contributed by atoms with Gasteiger partial charge in [0, 0.05) is 18.2 Å². The Morgan fingerprint density at radius 3 is 2.90 bits per heavy atom. The molecule has 0 spiro atoms. The van der Waals surface area contributed by atoms with E-state index in [1.807, 2.05) is 30.0 Å². The number of oxazole rings is 1. The molecule has 2 heterocycles. The third-order valence-corrected chi connectivity index (χ3v) is 4.60. The quantitative estimate of drug-likeness (QED) is 0.847. The van der Waals surface area contributed by atoms with Gasteiger partial charge >= 0.3 is 0 Å². The number of fused-ring (bicyclic) bond motifs is 1. The number of para-hydroxylation sites is 1. The van der Waals surface area contributed by atoms with E-state index in [0.717, 1.165) is 37.4 Å². The van der Waals surface area contributed by atoms with Crippen LogP contribution in [0.5, 0.6) is 0 Å². The number of aryl methyl sites for hydroxylation is 1. The van der Waals surface area contributed by atoms with Crippen molar-refractivity contribution in [3.05, 3.63) is 47.2 Å². The van der Waals surface area contributed by atoms with Crippen molar-refractivity contribution in [2.24, 2.45) is 0 Å². The highest BCUT2D eigenvalue weighted by Crippen LogP contribution is 2.37. The minimum absolute atomic E-state index is 0.0354. The molecular formula is C17H18N2O2. The van der Waals surface area contributed by atoms with Gasteiger partial charge in [0.05, 0.1) is 0 Å². The number of anilines is 1. The summed E-state index contributed by atoms with van der Waals surface area (Å²) in [5.41, 5.74) is 2.72. The zero-order valence-electron chi connectivity index (χ0n) is 12.1. The molecule has 0 unspecified atom stereocenters. The van der Waals surface area contributed by atoms with Crippen molar-refractivity contribution in [3.63, 3.8) is 0 Å². The maximum absolute atomic E-state index is 12.8. The van der Waals surface area contributed by atoms with E-state index in [9.17, 15) is 4.79 Å². The third-order valence-electron chi connectivity index (χ3n) is 4.60. The first kappa shape index (κ1) is 12.6. The minimum Gasteiger partial charge on any atom is -0.445 e. The van der Waals surface area contributed by atoms with Crippen molar-refractivity contribution in [1.82, 2.24) is 4.98 Å². The summed E-state index contributed by atoms with van der Waals surface area (Å²) in [5.74, 6) is 1.77. The fraction of sp³-hybridized carbons (Fsp3) is 0.412. The average molecular weight is 282 g/mol. The second kappa shape index (κ2) is 4.72. The molecule has 1 aliphatic heterocycles. The summed E-state index contributed by atoms with van der Waals surface area (Å²) >= 11 is 0. The number of rotatable bonds is 2. The number of aromatic nitrogens is 1. The molecule has 1 aromatic carbocycles. The van der Waals surface area contributed by atoms with Gasteiger partial charge in [-0.2, -0.15) is 0 Å². The molecule has 4 heteroatoms. The minimum atomic E-state index is -0.0354. The van der Waals surface area contributed by atoms with Crippen LogP contribution >= 0.6 is 0 Å². The first-order chi connectivity index (χ1) is 10.2. The molecule has 0 atom stereocenters. The summed E-state index contributed by atoms with van der Waals surface area (Å²) in [5, 5.41) is 0. The van der Waals surface area contributed by atoms with Crippen molar-refractivity contribution in [3.8, 4) is 0 Å². The highest BCUT2D eigenvalue weighted by atomic mass is 16.4. The first-order valence-electron chi connectivity index (χ1n) is 7.61. The molecule has 1 amide bonds. The van der Waals surface area contributed by atoms with Gasteiger partial charge in [-0.15, -0.1) is 0 Å². The SMILES string of the molecule is Cc1oc(C2CCC2)nc1C(=O)N1CCc2ccccc21. The lowest BCUT2D eigenvalue weighted by Crippen LogP contribution is -2.29. The van der Waals surface area contributed by atoms with Crippen molar-refractivity contribution in [2.45, 2.75) is 38.5 Å². The maximum Gasteiger partial charge on any atom is 0.280 e. The summed E-state index contributed by atoms with van der Waals surface area (Å²) in [4.78, 5) is 19.1. The Morgan fingerprint density at radius 2 is 2.14 bits per heavy atom. The standard InChI is InChI=1S/C17H18N2O2/c1-11-15(18-16(21-11)13-6-4-7-13)17(20)19-10-9-12-5-2-3-8-14(12)19/h2-3,5,8,13H,4,6-7,9-10H2,1H3. The van der Waals surface area contributed by atoms with E-state index in [4.69, 9.17) is 4.42 Å². The van der Waals surface area contributed by atoms with Crippen LogP contribution in [0, 0.1) is 6.92 Å². The Labute approximate surface area is 123 Å². The van der Waals surface area contributed by atoms with Crippen LogP contribution < -0.4 is 4.90 Å². The fourth-order valence-electron chi connectivity index (χ4n) is 3.12. The van der Waals surface area contributed by atoms with Crippen molar-refractivity contribution >= 4 is 11.6 Å². The van der Waals surface area contributed by atoms with Crippen LogP contribution in [0.1, 0.15) is 52.9 Å². The van der Waals surface area contributed by atoms with Gasteiger partial charge in [0.15, 0.2) is 11.6 Å². The van der Waals surface area contributed by atoms with Gasteiger partial charge in [0.2, 0.25) is 0 Å². The zero-order valence-corrected chi connectivity index (χ0v) is 12.1. The van der Waals surface area contributed by atoms with Gasteiger partial charge in [-0.25, -0.2) is 4.98 Å². The van der Waals surface area contributed by atoms with Gasteiger partial charge in [-0.1, -0.05) is 24.6 Å². The van der Waals surface area contributed by atoms with E-state index in [0.29, 0.717) is 17.4 Å². The van der Waals surface area contributed by atoms with E-state index in [1.165, 1.54) is 12.0 Å². The topological polar surface area (TPSA) is 46.3 Å². The fourth-order valence-corrected chi connectivity index (χ4v) is 3.12. The number of carbonyl (C=O) groups is 1. The lowest BCUT2D eigenvalue weighted by Gasteiger charge is -2.21. The largest absolute Gasteiger partial charge is 0.445 e. The van der Waals surface area contributed by atoms with Gasteiger partial charge in [-0.3, -0.25) is 4.79 Å². The molecule has 21 heavy (non-hydrogen) atoms. The van der Waals surface area contributed by atoms with Crippen molar-refractivity contribution in [1.29, 1.82) is 0 Å². The van der Waals surface area contributed by atoms with Gasteiger partial charge in [-0.05, 0) is 37.8 Å². The Hall–Kier alpha value is -2.10. The predicted octanol–water partition coefficient (Wildman–Crippen LogP) is 3.45. The number of hydrogen-bond donors (Lipinski definition) is 0. The number of nitrogens with zero attached hydrogens (tertiary/aromatic N) is 2. The van der Waals surface area contributed by atoms with Crippen LogP contribution in [0.2, 0.25) is 0 Å². The van der Waals surface area contributed by atoms with Gasteiger partial charge < -0.3 is 9.32 Å². The third kappa shape index (κ3) is 1.97. The van der Waals surface area contributed by atoms with Gasteiger partial charge in [0.25, 0.3) is 5.91 Å². The highest BCUT2D eigenvalue weighted by molar-refractivity contribution is 6.06. The second-order valence-corrected chi connectivity index (χ2v) is 5.92. The summed E-state index contributed by atoms with van der Waals surface area (Å²) in [6.07, 6.45) is 4.39. The molecule has 4 rings (SSSR count). The lowest BCUT2D eigenvalue weighted by molar-refractivity contribution is 0.0983. The molecule has 0 radical (unpaired) electrons. The van der Waals surface area contributed by atoms with E-state index in [1.54, 1.807) is 0 Å². The van der Waals surface area contributed by atoms with Crippen LogP contribution in [0.15, 0.2) is 28.7 Å². The summed E-state index contributed by atoms with van der Waals surface area (Å²) in [7, 11) is 0. The molecule has 0 bridgehead atoms. The van der Waals surface area contributed by atoms with Crippen LogP contribution in [0.3, 0.4) is 0 Å². The maximum atomic E-state index is 12.8. The molecule has 1 aliphatic carbocycles. The van der Waals surface area contributed by atoms with E-state index in [-0.39, 0.29) is 5.91 Å². The van der Waals surface area contributed by atoms with Crippen molar-refractivity contribution in [2.75, 3.05) is 11.4 Å². The number of amides is 1. The molecule has 2 aliphatic rings. The molecule has 0 N–H and O–H groups in total. The van der Waals surface area contributed by atoms with Crippen LogP contribution in [0.4, 0.5) is 5.69 Å². The molecule has 108 valence electrons. The Bertz CT molecular complexity index is 701. The second-order valence-electron chi connectivity index (χ2n) is 5.92. The molecule has 1 aromatic heterocycles. The smallest absolute Gasteiger partial charge is 0.280 e. The number of hydrogen-bond acceptors (Lipinski definition) is 3. The molecule has 4 nitrogen and oxygen atoms in total. The normalized spacial score (nSPS) is 17.7. The molecular weight excluding hydrogens is 264 g/mol. The summed E-state index contributed by atoms with van der Waals surface area (Å²) in [6.45, 7) is 2.56. The predicted molar refractivity (Wildman–Crippen MR) is 79.7 cm³/mol. The summed E-state index contributed by atoms with van der Waals surface area (Å²) < 4.78 is 5.73. The zero-order chi connectivity index (χ0) is 14.4. The van der Waals surface area contributed by atoms with Gasteiger partial charge in [0.1, 0.15) is 5.76 Å². The number of benzene rings is 1. The van der Waals surface area contributed by atoms with E-state index in [2.05, 4.69) is 11.1 Å². The monoisotopic (exact) mass is 282 g/mol. The van der Waals surface area contributed by atoms with Crippen molar-refractivity contribution < 1.29 is 9.21 Å². The molecule has 0 saturated heterocycles. The molecule has 2 aromatic rings. The van der Waals surface area contributed by atoms with Crippen LogP contribution in [-0.2, 0) is 6.42 Å². The van der Waals surface area contributed by atoms with Crippen LogP contribution in [-0.4, -0.2) is 17.4 Å². The van der Waals surface area contributed by atoms with E-state index < -0.39 is 0 Å². The Morgan fingerprint density at radius 1 is 1.33 bits per heavy atom. The average Bonchev–Trinajstić information content (AvgIpc) is 3.00. The molecule has 1 saturated carbocycles. The first-order valence-corrected chi connectivity index (χ1v) is 7.61. The lowest BCUT2D eigenvalue weighted by atomic mass is 9.85. The Balaban J connectivity index is 1.65.